The number of nitrogens with zero attached hydrogens (tertiary/aromatic N) is 2. The SMILES string of the molecule is CC[C@@]1(O)C(=O)OCc2c1cc1n(c2=O)Cc2c-1nc1cc(F)c(C)c3c1c2[C@@H](NC(=O)COCNC(=O)CNC(=O)[C@H](Cc1ccccc1)NC(=O)CNC(=O)CNC(=O)C(C)(C)C)CC3. The quantitative estimate of drug-likeness (QED) is 0.0413. The van der Waals surface area contributed by atoms with Gasteiger partial charge in [-0.2, -0.15) is 0 Å². The van der Waals surface area contributed by atoms with E-state index in [1.807, 2.05) is 0 Å². The van der Waals surface area contributed by atoms with E-state index >= 15 is 4.39 Å². The molecule has 0 spiro atoms. The van der Waals surface area contributed by atoms with Crippen LogP contribution < -0.4 is 37.5 Å². The van der Waals surface area contributed by atoms with Crippen molar-refractivity contribution in [1.29, 1.82) is 0 Å². The van der Waals surface area contributed by atoms with Crippen LogP contribution in [0.3, 0.4) is 0 Å². The summed E-state index contributed by atoms with van der Waals surface area (Å²) in [5, 5.41) is 27.4. The number of aromatic nitrogens is 2. The standard InChI is InChI=1S/C47H53FN8O11/c1-6-47(65)29-15-34-41-27(20-56(34)43(62)28(29)21-67-45(47)64)40-31(13-12-26-24(2)30(48)16-32(55-41)39(26)40)53-38(60)22-66-23-52-36(58)17-50-42(61)33(14-25-10-8-7-9-11-25)54-37(59)19-49-35(57)18-51-44(63)46(3,4)5/h7-11,15-16,31,33,65H,6,12-14,17-23H2,1-5H3,(H,49,57)(H,50,61)(H,51,63)(H,52,58)(H,53,60)(H,54,59)/t31-,33-,47-/m0/s1. The Morgan fingerprint density at radius 3 is 2.36 bits per heavy atom. The number of hydrogen-bond donors (Lipinski definition) is 7. The van der Waals surface area contributed by atoms with Crippen LogP contribution in [0.15, 0.2) is 47.3 Å². The van der Waals surface area contributed by atoms with E-state index in [-0.39, 0.29) is 49.6 Å². The van der Waals surface area contributed by atoms with Gasteiger partial charge in [0.2, 0.25) is 35.4 Å². The number of pyridine rings is 2. The van der Waals surface area contributed by atoms with Crippen molar-refractivity contribution in [2.45, 2.75) is 91.1 Å². The highest BCUT2D eigenvalue weighted by atomic mass is 19.1. The summed E-state index contributed by atoms with van der Waals surface area (Å²) in [6.45, 7) is 5.91. The summed E-state index contributed by atoms with van der Waals surface area (Å²) in [6, 6.07) is 9.97. The molecule has 4 heterocycles. The molecule has 67 heavy (non-hydrogen) atoms. The molecule has 20 heteroatoms. The molecule has 2 aliphatic heterocycles. The molecular weight excluding hydrogens is 872 g/mol. The van der Waals surface area contributed by atoms with Gasteiger partial charge >= 0.3 is 5.97 Å². The number of hydrogen-bond acceptors (Lipinski definition) is 12. The molecule has 2 aromatic carbocycles. The van der Waals surface area contributed by atoms with E-state index in [4.69, 9.17) is 14.5 Å². The molecule has 354 valence electrons. The molecule has 6 amide bonds. The number of benzene rings is 2. The molecule has 0 radical (unpaired) electrons. The van der Waals surface area contributed by atoms with Crippen LogP contribution in [0.2, 0.25) is 0 Å². The number of amides is 6. The van der Waals surface area contributed by atoms with Crippen LogP contribution in [0.1, 0.15) is 85.5 Å². The Balaban J connectivity index is 0.956. The molecule has 3 atom stereocenters. The predicted octanol–water partition coefficient (Wildman–Crippen LogP) is 0.843. The van der Waals surface area contributed by atoms with Gasteiger partial charge < -0.3 is 51.0 Å². The first-order chi connectivity index (χ1) is 31.8. The van der Waals surface area contributed by atoms with Gasteiger partial charge in [0.25, 0.3) is 5.56 Å². The van der Waals surface area contributed by atoms with Gasteiger partial charge in [0.1, 0.15) is 31.8 Å². The third-order valence-corrected chi connectivity index (χ3v) is 12.2. The van der Waals surface area contributed by atoms with Crippen LogP contribution in [0.5, 0.6) is 0 Å². The molecule has 0 unspecified atom stereocenters. The first-order valence-electron chi connectivity index (χ1n) is 21.9. The van der Waals surface area contributed by atoms with Gasteiger partial charge in [-0.25, -0.2) is 14.2 Å². The molecule has 19 nitrogen and oxygen atoms in total. The van der Waals surface area contributed by atoms with Crippen molar-refractivity contribution < 1.29 is 52.5 Å². The fourth-order valence-corrected chi connectivity index (χ4v) is 8.53. The lowest BCUT2D eigenvalue weighted by Gasteiger charge is -2.31. The first-order valence-corrected chi connectivity index (χ1v) is 21.9. The van der Waals surface area contributed by atoms with Crippen LogP contribution >= 0.6 is 0 Å². The molecule has 7 rings (SSSR count). The van der Waals surface area contributed by atoms with Crippen LogP contribution in [-0.2, 0) is 74.6 Å². The van der Waals surface area contributed by atoms with Crippen LogP contribution in [0.4, 0.5) is 4.39 Å². The molecule has 0 saturated carbocycles. The number of rotatable bonds is 16. The molecular formula is C47H53FN8O11. The zero-order valence-electron chi connectivity index (χ0n) is 37.8. The maximum Gasteiger partial charge on any atom is 0.343 e. The van der Waals surface area contributed by atoms with Gasteiger partial charge in [0, 0.05) is 34.4 Å². The van der Waals surface area contributed by atoms with E-state index in [0.29, 0.717) is 57.4 Å². The number of esters is 1. The minimum atomic E-state index is -2.04. The van der Waals surface area contributed by atoms with Crippen molar-refractivity contribution in [1.82, 2.24) is 41.5 Å². The average Bonchev–Trinajstić information content (AvgIpc) is 3.67. The second-order valence-corrected chi connectivity index (χ2v) is 17.8. The zero-order chi connectivity index (χ0) is 48.4. The number of ether oxygens (including phenoxy) is 2. The van der Waals surface area contributed by atoms with Crippen molar-refractivity contribution in [2.75, 3.05) is 33.0 Å². The number of cyclic esters (lactones) is 1. The summed E-state index contributed by atoms with van der Waals surface area (Å²) in [5.41, 5.74) is 1.26. The third kappa shape index (κ3) is 10.0. The fraction of sp³-hybridized carbons (Fsp3) is 0.426. The number of halogens is 1. The van der Waals surface area contributed by atoms with Crippen molar-refractivity contribution in [3.8, 4) is 11.4 Å². The second kappa shape index (κ2) is 19.4. The lowest BCUT2D eigenvalue weighted by molar-refractivity contribution is -0.172. The maximum absolute atomic E-state index is 15.3. The van der Waals surface area contributed by atoms with E-state index in [1.165, 1.54) is 10.6 Å². The number of carbonyl (C=O) groups excluding carboxylic acids is 7. The van der Waals surface area contributed by atoms with Crippen LogP contribution in [0, 0.1) is 18.2 Å². The summed E-state index contributed by atoms with van der Waals surface area (Å²) in [5.74, 6) is -4.82. The largest absolute Gasteiger partial charge is 0.458 e. The number of nitrogens with one attached hydrogen (secondary N) is 6. The highest BCUT2D eigenvalue weighted by Crippen LogP contribution is 2.46. The Labute approximate surface area is 383 Å². The number of carbonyl (C=O) groups is 7. The minimum absolute atomic E-state index is 0.0417. The Kier molecular flexibility index (Phi) is 13.9. The second-order valence-electron chi connectivity index (χ2n) is 17.8. The highest BCUT2D eigenvalue weighted by molar-refractivity contribution is 5.95. The molecule has 0 saturated heterocycles. The molecule has 2 aromatic heterocycles. The Morgan fingerprint density at radius 1 is 0.940 bits per heavy atom. The summed E-state index contributed by atoms with van der Waals surface area (Å²) in [7, 11) is 0. The fourth-order valence-electron chi connectivity index (χ4n) is 8.53. The maximum atomic E-state index is 15.3. The van der Waals surface area contributed by atoms with Gasteiger partial charge in [0.05, 0.1) is 54.7 Å². The van der Waals surface area contributed by atoms with E-state index in [0.717, 1.165) is 5.56 Å². The third-order valence-electron chi connectivity index (χ3n) is 12.2. The molecule has 3 aliphatic rings. The molecule has 4 aromatic rings. The van der Waals surface area contributed by atoms with E-state index in [9.17, 15) is 43.5 Å². The Hall–Kier alpha value is -7.06. The normalized spacial score (nSPS) is 17.2. The zero-order valence-corrected chi connectivity index (χ0v) is 37.8. The first kappa shape index (κ1) is 47.9. The van der Waals surface area contributed by atoms with Crippen molar-refractivity contribution in [3.63, 3.8) is 0 Å². The number of aryl methyl sites for hydroxylation is 1. The minimum Gasteiger partial charge on any atom is -0.458 e. The summed E-state index contributed by atoms with van der Waals surface area (Å²) < 4.78 is 27.5. The van der Waals surface area contributed by atoms with E-state index in [2.05, 4.69) is 31.9 Å². The van der Waals surface area contributed by atoms with E-state index in [1.54, 1.807) is 71.0 Å². The van der Waals surface area contributed by atoms with Gasteiger partial charge in [-0.3, -0.25) is 33.6 Å². The number of aliphatic hydroxyl groups is 1. The highest BCUT2D eigenvalue weighted by Gasteiger charge is 2.46. The van der Waals surface area contributed by atoms with Gasteiger partial charge in [-0.15, -0.1) is 0 Å². The molecule has 7 N–H and O–H groups in total. The summed E-state index contributed by atoms with van der Waals surface area (Å²) >= 11 is 0. The topological polar surface area (TPSA) is 265 Å². The number of fused-ring (bicyclic) bond motifs is 5. The van der Waals surface area contributed by atoms with Crippen molar-refractivity contribution >= 4 is 52.3 Å². The average molecular weight is 925 g/mol. The molecule has 0 fully saturated rings. The lowest BCUT2D eigenvalue weighted by atomic mass is 9.81. The Bertz CT molecular complexity index is 2750. The lowest BCUT2D eigenvalue weighted by Crippen LogP contribution is -2.52. The van der Waals surface area contributed by atoms with Crippen LogP contribution in [-0.4, -0.2) is 95.1 Å². The smallest absolute Gasteiger partial charge is 0.343 e. The summed E-state index contributed by atoms with van der Waals surface area (Å²) in [6.07, 6.45) is 0.817. The van der Waals surface area contributed by atoms with Crippen LogP contribution in [0.25, 0.3) is 22.3 Å². The summed E-state index contributed by atoms with van der Waals surface area (Å²) in [4.78, 5) is 108. The predicted molar refractivity (Wildman–Crippen MR) is 238 cm³/mol. The van der Waals surface area contributed by atoms with E-state index < -0.39 is 96.4 Å². The Morgan fingerprint density at radius 2 is 1.64 bits per heavy atom. The van der Waals surface area contributed by atoms with Crippen molar-refractivity contribution in [3.05, 3.63) is 97.6 Å². The van der Waals surface area contributed by atoms with Gasteiger partial charge in [0.15, 0.2) is 5.60 Å². The molecule has 1 aliphatic carbocycles. The monoisotopic (exact) mass is 924 g/mol. The van der Waals surface area contributed by atoms with Gasteiger partial charge in [-0.1, -0.05) is 58.0 Å². The molecule has 0 bridgehead atoms. The van der Waals surface area contributed by atoms with Crippen molar-refractivity contribution in [2.24, 2.45) is 5.41 Å². The van der Waals surface area contributed by atoms with Gasteiger partial charge in [-0.05, 0) is 54.5 Å².